The second-order valence-corrected chi connectivity index (χ2v) is 19.0. The number of unbranched alkanes of at least 4 members (excludes halogenated alkanes) is 26. The summed E-state index contributed by atoms with van der Waals surface area (Å²) in [6.45, 7) is 6.36. The molecule has 3 atom stereocenters. The lowest BCUT2D eigenvalue weighted by Crippen LogP contribution is -2.46. The normalized spacial score (nSPS) is 13.7. The first-order valence-electron chi connectivity index (χ1n) is 28.2. The molecule has 66 heavy (non-hydrogen) atoms. The predicted octanol–water partition coefficient (Wildman–Crippen LogP) is 17.3. The number of carbonyl (C=O) groups excluding carboxylic acids is 2. The summed E-state index contributed by atoms with van der Waals surface area (Å²) in [4.78, 5) is 26.2. The zero-order valence-electron chi connectivity index (χ0n) is 43.6. The van der Waals surface area contributed by atoms with Crippen LogP contribution in [0.2, 0.25) is 0 Å². The van der Waals surface area contributed by atoms with Gasteiger partial charge in [-0.15, -0.1) is 0 Å². The highest BCUT2D eigenvalue weighted by Crippen LogP contribution is 2.17. The van der Waals surface area contributed by atoms with Gasteiger partial charge in [0.1, 0.15) is 6.10 Å². The minimum atomic E-state index is -0.806. The highest BCUT2D eigenvalue weighted by Gasteiger charge is 2.24. The molecule has 0 bridgehead atoms. The van der Waals surface area contributed by atoms with E-state index in [0.29, 0.717) is 19.3 Å². The Balaban J connectivity index is 4.68. The molecule has 6 nitrogen and oxygen atoms in total. The first-order valence-corrected chi connectivity index (χ1v) is 28.2. The van der Waals surface area contributed by atoms with Gasteiger partial charge in [0.15, 0.2) is 0 Å². The fourth-order valence-electron chi connectivity index (χ4n) is 8.28. The Morgan fingerprint density at radius 1 is 0.455 bits per heavy atom. The number of aliphatic hydroxyl groups is 2. The molecule has 0 heterocycles. The van der Waals surface area contributed by atoms with Gasteiger partial charge < -0.3 is 20.3 Å². The number of hydrogen-bond donors (Lipinski definition) is 3. The second-order valence-electron chi connectivity index (χ2n) is 19.0. The monoisotopic (exact) mass is 922 g/mol. The number of hydrogen-bond acceptors (Lipinski definition) is 5. The summed E-state index contributed by atoms with van der Waals surface area (Å²) in [6, 6.07) is -0.723. The summed E-state index contributed by atoms with van der Waals surface area (Å²) in [7, 11) is 0. The van der Waals surface area contributed by atoms with Crippen molar-refractivity contribution in [3.05, 3.63) is 72.9 Å². The van der Waals surface area contributed by atoms with E-state index in [4.69, 9.17) is 4.74 Å². The summed E-state index contributed by atoms with van der Waals surface area (Å²) in [5.74, 6) is -0.531. The first kappa shape index (κ1) is 63.3. The van der Waals surface area contributed by atoms with Crippen LogP contribution in [0, 0.1) is 0 Å². The van der Waals surface area contributed by atoms with E-state index >= 15 is 0 Å². The summed E-state index contributed by atoms with van der Waals surface area (Å²) >= 11 is 0. The van der Waals surface area contributed by atoms with Gasteiger partial charge in [0.25, 0.3) is 0 Å². The van der Waals surface area contributed by atoms with Crippen LogP contribution in [0.4, 0.5) is 0 Å². The van der Waals surface area contributed by atoms with E-state index in [1.54, 1.807) is 0 Å². The fourth-order valence-corrected chi connectivity index (χ4v) is 8.28. The molecule has 0 radical (unpaired) electrons. The molecule has 1 amide bonds. The number of rotatable bonds is 50. The van der Waals surface area contributed by atoms with Crippen LogP contribution >= 0.6 is 0 Å². The molecule has 6 heteroatoms. The van der Waals surface area contributed by atoms with E-state index in [1.165, 1.54) is 141 Å². The lowest BCUT2D eigenvalue weighted by molar-refractivity contribution is -0.151. The third-order valence-corrected chi connectivity index (χ3v) is 12.5. The number of carbonyl (C=O) groups is 2. The highest BCUT2D eigenvalue weighted by atomic mass is 16.5. The van der Waals surface area contributed by atoms with Crippen LogP contribution < -0.4 is 5.32 Å². The van der Waals surface area contributed by atoms with Gasteiger partial charge in [0, 0.05) is 6.42 Å². The molecule has 0 spiro atoms. The maximum atomic E-state index is 13.2. The summed E-state index contributed by atoms with van der Waals surface area (Å²) in [5, 5.41) is 23.8. The summed E-state index contributed by atoms with van der Waals surface area (Å²) < 4.78 is 5.93. The zero-order valence-corrected chi connectivity index (χ0v) is 43.6. The van der Waals surface area contributed by atoms with Crippen LogP contribution in [-0.2, 0) is 14.3 Å². The molecular formula is C60H107NO5. The topological polar surface area (TPSA) is 95.9 Å². The molecule has 0 aliphatic carbocycles. The van der Waals surface area contributed by atoms with Crippen molar-refractivity contribution in [3.8, 4) is 0 Å². The van der Waals surface area contributed by atoms with Crippen molar-refractivity contribution in [1.29, 1.82) is 0 Å². The molecule has 3 N–H and O–H groups in total. The maximum absolute atomic E-state index is 13.2. The fraction of sp³-hybridized carbons (Fsp3) is 0.767. The molecule has 0 saturated heterocycles. The second kappa shape index (κ2) is 53.3. The van der Waals surface area contributed by atoms with Crippen molar-refractivity contribution < 1.29 is 24.5 Å². The lowest BCUT2D eigenvalue weighted by atomic mass is 10.0. The Kier molecular flexibility index (Phi) is 51.1. The van der Waals surface area contributed by atoms with E-state index in [0.717, 1.165) is 83.5 Å². The van der Waals surface area contributed by atoms with Crippen molar-refractivity contribution in [3.63, 3.8) is 0 Å². The maximum Gasteiger partial charge on any atom is 0.306 e. The van der Waals surface area contributed by atoms with Crippen molar-refractivity contribution in [2.24, 2.45) is 0 Å². The molecular weight excluding hydrogens is 815 g/mol. The minimum Gasteiger partial charge on any atom is -0.462 e. The van der Waals surface area contributed by atoms with Gasteiger partial charge in [0.2, 0.25) is 5.91 Å². The van der Waals surface area contributed by atoms with Crippen molar-refractivity contribution >= 4 is 11.9 Å². The molecule has 0 fully saturated rings. The quantitative estimate of drug-likeness (QED) is 0.0321. The third kappa shape index (κ3) is 47.8. The molecule has 0 saturated carbocycles. The Morgan fingerprint density at radius 3 is 1.29 bits per heavy atom. The van der Waals surface area contributed by atoms with Crippen LogP contribution in [0.3, 0.4) is 0 Å². The average Bonchev–Trinajstić information content (AvgIpc) is 3.31. The SMILES string of the molecule is CC/C=C\C/C=C\C/C=C\C/C=C\C/C=C\CCCC(CC(=O)NC(CO)C(O)CCCCCCCCCCCCCCC)OC(=O)CCCCCCCCC/C=C/CCCCCCCC. The van der Waals surface area contributed by atoms with E-state index in [9.17, 15) is 19.8 Å². The van der Waals surface area contributed by atoms with Gasteiger partial charge in [-0.05, 0) is 89.9 Å². The Labute approximate surface area is 409 Å². The standard InChI is InChI=1S/C60H107NO5/c1-4-7-10-13-16-19-22-25-27-29-31-34-36-39-42-45-48-51-56(66-60(65)53-50-47-44-41-38-35-32-30-28-26-23-20-17-14-11-8-5-2)54-59(64)61-57(55-62)58(63)52-49-46-43-40-37-33-24-21-18-15-12-9-6-3/h7,10,16,19,25-28,31,34,39,42,56-58,62-63H,4-6,8-9,11-15,17-18,20-24,29-30,32-33,35-38,40-41,43-55H2,1-3H3,(H,61,64)/b10-7-,19-16-,27-25-,28-26+,34-31-,42-39-. The largest absolute Gasteiger partial charge is 0.462 e. The lowest BCUT2D eigenvalue weighted by Gasteiger charge is -2.24. The van der Waals surface area contributed by atoms with E-state index in [2.05, 4.69) is 99.0 Å². The van der Waals surface area contributed by atoms with Crippen molar-refractivity contribution in [2.45, 2.75) is 289 Å². The summed E-state index contributed by atoms with van der Waals surface area (Å²) in [6.07, 6.45) is 68.2. The van der Waals surface area contributed by atoms with Crippen LogP contribution in [-0.4, -0.2) is 46.9 Å². The Bertz CT molecular complexity index is 1220. The number of ether oxygens (including phenoxy) is 1. The molecule has 0 aliphatic rings. The van der Waals surface area contributed by atoms with Gasteiger partial charge >= 0.3 is 5.97 Å². The number of allylic oxidation sites excluding steroid dienone is 12. The first-order chi connectivity index (χ1) is 32.5. The van der Waals surface area contributed by atoms with E-state index in [-0.39, 0.29) is 24.9 Å². The molecule has 382 valence electrons. The molecule has 0 aromatic rings. The molecule has 0 aromatic carbocycles. The Hall–Kier alpha value is -2.70. The highest BCUT2D eigenvalue weighted by molar-refractivity contribution is 5.77. The number of esters is 1. The minimum absolute atomic E-state index is 0.0353. The molecule has 0 rings (SSSR count). The third-order valence-electron chi connectivity index (χ3n) is 12.5. The molecule has 0 aromatic heterocycles. The number of nitrogens with one attached hydrogen (secondary N) is 1. The smallest absolute Gasteiger partial charge is 0.306 e. The molecule has 3 unspecified atom stereocenters. The average molecular weight is 923 g/mol. The number of amides is 1. The Morgan fingerprint density at radius 2 is 0.833 bits per heavy atom. The van der Waals surface area contributed by atoms with Gasteiger partial charge in [-0.2, -0.15) is 0 Å². The number of aliphatic hydroxyl groups excluding tert-OH is 2. The van der Waals surface area contributed by atoms with Crippen LogP contribution in [0.25, 0.3) is 0 Å². The van der Waals surface area contributed by atoms with Crippen LogP contribution in [0.5, 0.6) is 0 Å². The zero-order chi connectivity index (χ0) is 48.1. The van der Waals surface area contributed by atoms with Gasteiger partial charge in [-0.3, -0.25) is 9.59 Å². The van der Waals surface area contributed by atoms with Crippen LogP contribution in [0.1, 0.15) is 271 Å². The predicted molar refractivity (Wildman–Crippen MR) is 287 cm³/mol. The van der Waals surface area contributed by atoms with Crippen molar-refractivity contribution in [1.82, 2.24) is 5.32 Å². The van der Waals surface area contributed by atoms with Gasteiger partial charge in [-0.1, -0.05) is 241 Å². The summed E-state index contributed by atoms with van der Waals surface area (Å²) in [5.41, 5.74) is 0. The van der Waals surface area contributed by atoms with Gasteiger partial charge in [-0.25, -0.2) is 0 Å². The van der Waals surface area contributed by atoms with Crippen LogP contribution in [0.15, 0.2) is 72.9 Å². The van der Waals surface area contributed by atoms with Gasteiger partial charge in [0.05, 0.1) is 25.2 Å². The van der Waals surface area contributed by atoms with Crippen molar-refractivity contribution in [2.75, 3.05) is 6.61 Å². The van der Waals surface area contributed by atoms with E-state index < -0.39 is 18.2 Å². The van der Waals surface area contributed by atoms with E-state index in [1.807, 2.05) is 0 Å². The molecule has 0 aliphatic heterocycles.